The third-order valence-electron chi connectivity index (χ3n) is 4.33. The van der Waals surface area contributed by atoms with Crippen molar-refractivity contribution in [3.63, 3.8) is 0 Å². The minimum Gasteiger partial charge on any atom is -0.264 e. The summed E-state index contributed by atoms with van der Waals surface area (Å²) in [5.41, 5.74) is 3.34. The topological polar surface area (TPSA) is 44.9 Å². The van der Waals surface area contributed by atoms with Crippen LogP contribution in [0, 0.1) is 0 Å². The Labute approximate surface area is 147 Å². The van der Waals surface area contributed by atoms with Gasteiger partial charge in [-0.1, -0.05) is 91.0 Å². The Kier molecular flexibility index (Phi) is 4.19. The second-order valence-corrected chi connectivity index (χ2v) is 6.06. The van der Waals surface area contributed by atoms with Crippen LogP contribution in [0.25, 0.3) is 0 Å². The Morgan fingerprint density at radius 2 is 1.32 bits per heavy atom. The molecule has 0 bridgehead atoms. The van der Waals surface area contributed by atoms with Crippen LogP contribution in [0.1, 0.15) is 22.9 Å². The Bertz CT molecular complexity index is 847. The molecule has 1 heterocycles. The van der Waals surface area contributed by atoms with Gasteiger partial charge in [0.25, 0.3) is 0 Å². The lowest BCUT2D eigenvalue weighted by molar-refractivity contribution is 0.124. The van der Waals surface area contributed by atoms with Crippen molar-refractivity contribution in [3.8, 4) is 0 Å². The predicted molar refractivity (Wildman–Crippen MR) is 100 cm³/mol. The van der Waals surface area contributed by atoms with Gasteiger partial charge in [0.2, 0.25) is 0 Å². The number of nitrogens with zero attached hydrogens (tertiary/aromatic N) is 3. The summed E-state index contributed by atoms with van der Waals surface area (Å²) in [6.07, 6.45) is -0.128. The van der Waals surface area contributed by atoms with Gasteiger partial charge in [0.15, 0.2) is 12.0 Å². The van der Waals surface area contributed by atoms with Crippen molar-refractivity contribution in [3.05, 3.63) is 108 Å². The van der Waals surface area contributed by atoms with Crippen molar-refractivity contribution < 1.29 is 0 Å². The number of hydrazine groups is 1. The van der Waals surface area contributed by atoms with Gasteiger partial charge in [0, 0.05) is 5.56 Å². The zero-order valence-electron chi connectivity index (χ0n) is 13.9. The molecule has 3 aromatic carbocycles. The zero-order chi connectivity index (χ0) is 17.1. The molecule has 25 heavy (non-hydrogen) atoms. The van der Waals surface area contributed by atoms with E-state index in [4.69, 9.17) is 10.9 Å². The van der Waals surface area contributed by atoms with E-state index in [0.29, 0.717) is 6.54 Å². The van der Waals surface area contributed by atoms with Crippen LogP contribution >= 0.6 is 0 Å². The van der Waals surface area contributed by atoms with E-state index in [1.54, 1.807) is 5.01 Å². The minimum atomic E-state index is -0.128. The van der Waals surface area contributed by atoms with E-state index in [-0.39, 0.29) is 6.17 Å². The first-order valence-corrected chi connectivity index (χ1v) is 8.36. The molecule has 0 aromatic heterocycles. The first-order chi connectivity index (χ1) is 12.3. The van der Waals surface area contributed by atoms with Crippen LogP contribution in [0.15, 0.2) is 96.1 Å². The number of rotatable bonds is 4. The van der Waals surface area contributed by atoms with E-state index in [1.165, 1.54) is 5.56 Å². The van der Waals surface area contributed by atoms with Gasteiger partial charge in [-0.15, -0.1) is 0 Å². The number of hydrogen-bond donors (Lipinski definition) is 1. The van der Waals surface area contributed by atoms with Gasteiger partial charge in [-0.25, -0.2) is 5.84 Å². The van der Waals surface area contributed by atoms with Gasteiger partial charge in [-0.3, -0.25) is 10.0 Å². The molecule has 0 radical (unpaired) electrons. The molecule has 4 rings (SSSR count). The molecule has 2 N–H and O–H groups in total. The summed E-state index contributed by atoms with van der Waals surface area (Å²) < 4.78 is 0. The van der Waals surface area contributed by atoms with E-state index in [1.807, 2.05) is 71.7 Å². The number of hydrogen-bond acceptors (Lipinski definition) is 4. The van der Waals surface area contributed by atoms with Gasteiger partial charge in [-0.2, -0.15) is 5.10 Å². The Morgan fingerprint density at radius 1 is 0.760 bits per heavy atom. The highest BCUT2D eigenvalue weighted by Gasteiger charge is 2.34. The van der Waals surface area contributed by atoms with Gasteiger partial charge in [0.1, 0.15) is 0 Å². The Morgan fingerprint density at radius 3 is 1.96 bits per heavy atom. The lowest BCUT2D eigenvalue weighted by Crippen LogP contribution is -2.40. The van der Waals surface area contributed by atoms with Gasteiger partial charge in [-0.05, 0) is 11.1 Å². The molecule has 0 amide bonds. The summed E-state index contributed by atoms with van der Waals surface area (Å²) in [5, 5.41) is 8.65. The molecule has 0 saturated heterocycles. The summed E-state index contributed by atoms with van der Waals surface area (Å²) in [7, 11) is 0. The molecule has 3 aromatic rings. The van der Waals surface area contributed by atoms with Gasteiger partial charge < -0.3 is 0 Å². The molecule has 0 saturated carbocycles. The quantitative estimate of drug-likeness (QED) is 0.742. The average molecular weight is 328 g/mol. The fourth-order valence-corrected chi connectivity index (χ4v) is 3.13. The molecule has 1 unspecified atom stereocenters. The largest absolute Gasteiger partial charge is 0.264 e. The minimum absolute atomic E-state index is 0.128. The summed E-state index contributed by atoms with van der Waals surface area (Å²) in [4.78, 5) is 0. The lowest BCUT2D eigenvalue weighted by Gasteiger charge is -2.29. The van der Waals surface area contributed by atoms with Crippen molar-refractivity contribution in [2.45, 2.75) is 12.7 Å². The van der Waals surface area contributed by atoms with Gasteiger partial charge >= 0.3 is 0 Å². The van der Waals surface area contributed by atoms with Crippen LogP contribution in [0.3, 0.4) is 0 Å². The van der Waals surface area contributed by atoms with E-state index in [0.717, 1.165) is 17.0 Å². The van der Waals surface area contributed by atoms with Gasteiger partial charge in [0.05, 0.1) is 6.54 Å². The van der Waals surface area contributed by atoms with Crippen LogP contribution in [-0.4, -0.2) is 15.9 Å². The highest BCUT2D eigenvalue weighted by molar-refractivity contribution is 5.99. The molecule has 0 spiro atoms. The van der Waals surface area contributed by atoms with Crippen LogP contribution < -0.4 is 5.84 Å². The maximum Gasteiger partial charge on any atom is 0.172 e. The van der Waals surface area contributed by atoms with Crippen molar-refractivity contribution in [1.29, 1.82) is 0 Å². The standard InChI is InChI=1S/C21H20N4/c22-25-20(18-12-6-2-7-13-18)23-24(16-17-10-4-1-5-11-17)21(25)19-14-8-3-9-15-19/h1-15,21H,16,22H2. The molecule has 0 aliphatic carbocycles. The summed E-state index contributed by atoms with van der Waals surface area (Å²) in [5.74, 6) is 7.27. The molecule has 1 aliphatic rings. The zero-order valence-corrected chi connectivity index (χ0v) is 13.9. The lowest BCUT2D eigenvalue weighted by atomic mass is 10.1. The third kappa shape index (κ3) is 3.12. The van der Waals surface area contributed by atoms with E-state index in [9.17, 15) is 0 Å². The fraction of sp³-hybridized carbons (Fsp3) is 0.0952. The molecular weight excluding hydrogens is 308 g/mol. The monoisotopic (exact) mass is 328 g/mol. The Balaban J connectivity index is 1.72. The normalized spacial score (nSPS) is 16.8. The van der Waals surface area contributed by atoms with Crippen molar-refractivity contribution in [2.75, 3.05) is 0 Å². The molecule has 0 fully saturated rings. The maximum atomic E-state index is 6.49. The average Bonchev–Trinajstić information content (AvgIpc) is 3.00. The predicted octanol–water partition coefficient (Wildman–Crippen LogP) is 3.74. The first kappa shape index (κ1) is 15.4. The molecule has 4 nitrogen and oxygen atoms in total. The molecule has 4 heteroatoms. The molecule has 1 aliphatic heterocycles. The summed E-state index contributed by atoms with van der Waals surface area (Å²) >= 11 is 0. The van der Waals surface area contributed by atoms with Crippen LogP contribution in [0.2, 0.25) is 0 Å². The third-order valence-corrected chi connectivity index (χ3v) is 4.33. The Hall–Kier alpha value is -3.11. The second-order valence-electron chi connectivity index (χ2n) is 6.06. The number of amidine groups is 1. The van der Waals surface area contributed by atoms with E-state index < -0.39 is 0 Å². The maximum absolute atomic E-state index is 6.49. The first-order valence-electron chi connectivity index (χ1n) is 8.36. The van der Waals surface area contributed by atoms with Crippen molar-refractivity contribution >= 4 is 5.84 Å². The van der Waals surface area contributed by atoms with Crippen molar-refractivity contribution in [2.24, 2.45) is 10.9 Å². The SMILES string of the molecule is NN1C(c2ccccc2)=NN(Cc2ccccc2)C1c1ccccc1. The number of nitrogens with two attached hydrogens (primary N) is 1. The van der Waals surface area contributed by atoms with E-state index in [2.05, 4.69) is 24.3 Å². The molecular formula is C21H20N4. The molecule has 124 valence electrons. The van der Waals surface area contributed by atoms with E-state index >= 15 is 0 Å². The van der Waals surface area contributed by atoms with Crippen LogP contribution in [-0.2, 0) is 6.54 Å². The highest BCUT2D eigenvalue weighted by Crippen LogP contribution is 2.31. The molecule has 1 atom stereocenters. The van der Waals surface area contributed by atoms with Crippen LogP contribution in [0.5, 0.6) is 0 Å². The summed E-state index contributed by atoms with van der Waals surface area (Å²) in [6, 6.07) is 30.7. The number of benzene rings is 3. The number of hydrazone groups is 1. The second kappa shape index (κ2) is 6.79. The highest BCUT2D eigenvalue weighted by atomic mass is 15.7. The summed E-state index contributed by atoms with van der Waals surface area (Å²) in [6.45, 7) is 0.699. The van der Waals surface area contributed by atoms with Crippen LogP contribution in [0.4, 0.5) is 0 Å². The smallest absolute Gasteiger partial charge is 0.172 e. The van der Waals surface area contributed by atoms with Crippen molar-refractivity contribution in [1.82, 2.24) is 10.0 Å². The fourth-order valence-electron chi connectivity index (χ4n) is 3.13.